The van der Waals surface area contributed by atoms with Crippen LogP contribution in [0.2, 0.25) is 0 Å². The number of carbonyl (C=O) groups is 1. The van der Waals surface area contributed by atoms with E-state index in [2.05, 4.69) is 26.1 Å². The Morgan fingerprint density at radius 2 is 2.30 bits per heavy atom. The van der Waals surface area contributed by atoms with E-state index in [0.29, 0.717) is 11.5 Å². The molecule has 1 aliphatic heterocycles. The molecule has 2 rings (SSSR count). The molecule has 1 fully saturated rings. The molecular weight excluding hydrogens is 338 g/mol. The molecule has 1 unspecified atom stereocenters. The van der Waals surface area contributed by atoms with Crippen molar-refractivity contribution in [3.8, 4) is 0 Å². The van der Waals surface area contributed by atoms with E-state index < -0.39 is 0 Å². The molecule has 4 nitrogen and oxygen atoms in total. The maximum Gasteiger partial charge on any atom is 0.238 e. The van der Waals surface area contributed by atoms with Gasteiger partial charge in [-0.25, -0.2) is 0 Å². The molecule has 0 bridgehead atoms. The molecule has 0 saturated carbocycles. The summed E-state index contributed by atoms with van der Waals surface area (Å²) in [7, 11) is 0. The zero-order valence-corrected chi connectivity index (χ0v) is 13.5. The van der Waals surface area contributed by atoms with Gasteiger partial charge in [-0.15, -0.1) is 0 Å². The van der Waals surface area contributed by atoms with Gasteiger partial charge in [-0.05, 0) is 37.6 Å². The van der Waals surface area contributed by atoms with Crippen molar-refractivity contribution in [2.45, 2.75) is 25.3 Å². The normalized spacial score (nSPS) is 19.6. The molecule has 108 valence electrons. The minimum Gasteiger partial charge on any atom is -0.392 e. The Balaban J connectivity index is 1.94. The second-order valence-electron chi connectivity index (χ2n) is 4.94. The maximum atomic E-state index is 12.1. The van der Waals surface area contributed by atoms with Crippen molar-refractivity contribution < 1.29 is 4.79 Å². The van der Waals surface area contributed by atoms with Crippen LogP contribution in [0.4, 0.5) is 5.69 Å². The van der Waals surface area contributed by atoms with Gasteiger partial charge in [0.2, 0.25) is 5.91 Å². The SMILES string of the molecule is NC(=S)C1CCCCN1CC(=O)Nc1cccc(Br)c1. The van der Waals surface area contributed by atoms with Gasteiger partial charge in [-0.3, -0.25) is 9.69 Å². The Bertz CT molecular complexity index is 509. The van der Waals surface area contributed by atoms with Gasteiger partial charge in [0.1, 0.15) is 0 Å². The smallest absolute Gasteiger partial charge is 0.238 e. The van der Waals surface area contributed by atoms with Crippen LogP contribution in [0, 0.1) is 0 Å². The number of likely N-dealkylation sites (tertiary alicyclic amines) is 1. The summed E-state index contributed by atoms with van der Waals surface area (Å²) in [6, 6.07) is 7.59. The quantitative estimate of drug-likeness (QED) is 0.814. The van der Waals surface area contributed by atoms with E-state index in [4.69, 9.17) is 18.0 Å². The summed E-state index contributed by atoms with van der Waals surface area (Å²) in [5.41, 5.74) is 6.54. The number of nitrogens with zero attached hydrogens (tertiary/aromatic N) is 1. The molecule has 1 aliphatic rings. The van der Waals surface area contributed by atoms with E-state index in [1.165, 1.54) is 0 Å². The zero-order chi connectivity index (χ0) is 14.5. The third-order valence-electron chi connectivity index (χ3n) is 3.40. The largest absolute Gasteiger partial charge is 0.392 e. The Kier molecular flexibility index (Phi) is 5.51. The highest BCUT2D eigenvalue weighted by atomic mass is 79.9. The summed E-state index contributed by atoms with van der Waals surface area (Å²) >= 11 is 8.47. The minimum absolute atomic E-state index is 0.0359. The topological polar surface area (TPSA) is 58.4 Å². The van der Waals surface area contributed by atoms with Gasteiger partial charge < -0.3 is 11.1 Å². The van der Waals surface area contributed by atoms with E-state index in [1.54, 1.807) is 0 Å². The van der Waals surface area contributed by atoms with E-state index in [-0.39, 0.29) is 11.9 Å². The van der Waals surface area contributed by atoms with Crippen LogP contribution in [-0.2, 0) is 4.79 Å². The lowest BCUT2D eigenvalue weighted by molar-refractivity contribution is -0.117. The Labute approximate surface area is 132 Å². The fourth-order valence-corrected chi connectivity index (χ4v) is 3.12. The number of anilines is 1. The molecule has 0 aromatic heterocycles. The number of piperidine rings is 1. The van der Waals surface area contributed by atoms with Crippen LogP contribution in [0.5, 0.6) is 0 Å². The van der Waals surface area contributed by atoms with Crippen molar-refractivity contribution in [1.82, 2.24) is 4.90 Å². The Morgan fingerprint density at radius 3 is 3.00 bits per heavy atom. The summed E-state index contributed by atoms with van der Waals surface area (Å²) < 4.78 is 0.939. The maximum absolute atomic E-state index is 12.1. The second-order valence-corrected chi connectivity index (χ2v) is 6.33. The number of thiocarbonyl (C=S) groups is 1. The summed E-state index contributed by atoms with van der Waals surface area (Å²) in [6.07, 6.45) is 3.15. The van der Waals surface area contributed by atoms with Crippen molar-refractivity contribution in [2.24, 2.45) is 5.73 Å². The molecule has 1 amide bonds. The highest BCUT2D eigenvalue weighted by Crippen LogP contribution is 2.18. The number of carbonyl (C=O) groups excluding carboxylic acids is 1. The van der Waals surface area contributed by atoms with Gasteiger partial charge in [0.15, 0.2) is 0 Å². The first-order valence-corrected chi connectivity index (χ1v) is 7.85. The number of hydrogen-bond donors (Lipinski definition) is 2. The van der Waals surface area contributed by atoms with Crippen molar-refractivity contribution in [3.63, 3.8) is 0 Å². The van der Waals surface area contributed by atoms with Crippen molar-refractivity contribution in [1.29, 1.82) is 0 Å². The molecule has 20 heavy (non-hydrogen) atoms. The monoisotopic (exact) mass is 355 g/mol. The first kappa shape index (κ1) is 15.4. The molecule has 3 N–H and O–H groups in total. The first-order chi connectivity index (χ1) is 9.56. The van der Waals surface area contributed by atoms with Crippen LogP contribution in [0.1, 0.15) is 19.3 Å². The van der Waals surface area contributed by atoms with Crippen LogP contribution in [0.25, 0.3) is 0 Å². The number of amides is 1. The summed E-state index contributed by atoms with van der Waals surface area (Å²) in [6.45, 7) is 1.20. The number of nitrogens with one attached hydrogen (secondary N) is 1. The van der Waals surface area contributed by atoms with Gasteiger partial charge in [0.25, 0.3) is 0 Å². The lowest BCUT2D eigenvalue weighted by atomic mass is 10.0. The van der Waals surface area contributed by atoms with Crippen molar-refractivity contribution >= 4 is 44.7 Å². The highest BCUT2D eigenvalue weighted by molar-refractivity contribution is 9.10. The predicted octanol–water partition coefficient (Wildman–Crippen LogP) is 2.53. The van der Waals surface area contributed by atoms with E-state index in [1.807, 2.05) is 24.3 Å². The van der Waals surface area contributed by atoms with Gasteiger partial charge in [-0.2, -0.15) is 0 Å². The van der Waals surface area contributed by atoms with E-state index in [9.17, 15) is 4.79 Å². The van der Waals surface area contributed by atoms with E-state index in [0.717, 1.165) is 36.0 Å². The number of halogens is 1. The Morgan fingerprint density at radius 1 is 1.50 bits per heavy atom. The second kappa shape index (κ2) is 7.15. The van der Waals surface area contributed by atoms with Crippen LogP contribution >= 0.6 is 28.1 Å². The number of hydrogen-bond acceptors (Lipinski definition) is 3. The fraction of sp³-hybridized carbons (Fsp3) is 0.429. The predicted molar refractivity (Wildman–Crippen MR) is 88.8 cm³/mol. The summed E-state index contributed by atoms with van der Waals surface area (Å²) in [5, 5.41) is 2.89. The lowest BCUT2D eigenvalue weighted by Gasteiger charge is -2.34. The van der Waals surface area contributed by atoms with Gasteiger partial charge in [0.05, 0.1) is 17.6 Å². The third-order valence-corrected chi connectivity index (χ3v) is 4.16. The number of nitrogens with two attached hydrogens (primary N) is 1. The minimum atomic E-state index is -0.0359. The van der Waals surface area contributed by atoms with Crippen molar-refractivity contribution in [2.75, 3.05) is 18.4 Å². The van der Waals surface area contributed by atoms with Gasteiger partial charge in [0, 0.05) is 10.2 Å². The van der Waals surface area contributed by atoms with Crippen LogP contribution < -0.4 is 11.1 Å². The third kappa shape index (κ3) is 4.26. The molecule has 1 saturated heterocycles. The summed E-state index contributed by atoms with van der Waals surface area (Å²) in [4.78, 5) is 14.7. The van der Waals surface area contributed by atoms with E-state index >= 15 is 0 Å². The van der Waals surface area contributed by atoms with Gasteiger partial charge in [-0.1, -0.05) is 40.6 Å². The van der Waals surface area contributed by atoms with Gasteiger partial charge >= 0.3 is 0 Å². The molecule has 1 atom stereocenters. The zero-order valence-electron chi connectivity index (χ0n) is 11.1. The molecular formula is C14H18BrN3OS. The number of rotatable bonds is 4. The van der Waals surface area contributed by atoms with Crippen molar-refractivity contribution in [3.05, 3.63) is 28.7 Å². The standard InChI is InChI=1S/C14H18BrN3OS/c15-10-4-3-5-11(8-10)17-13(19)9-18-7-2-1-6-12(18)14(16)20/h3-5,8,12H,1-2,6-7,9H2,(H2,16,20)(H,17,19). The molecule has 0 aliphatic carbocycles. The Hall–Kier alpha value is -0.980. The average molecular weight is 356 g/mol. The molecule has 6 heteroatoms. The molecule has 1 aromatic rings. The summed E-state index contributed by atoms with van der Waals surface area (Å²) in [5.74, 6) is -0.0359. The molecule has 0 radical (unpaired) electrons. The molecule has 1 aromatic carbocycles. The molecule has 0 spiro atoms. The fourth-order valence-electron chi connectivity index (χ4n) is 2.45. The lowest BCUT2D eigenvalue weighted by Crippen LogP contribution is -2.49. The highest BCUT2D eigenvalue weighted by Gasteiger charge is 2.26. The van der Waals surface area contributed by atoms with Crippen LogP contribution in [-0.4, -0.2) is 34.9 Å². The first-order valence-electron chi connectivity index (χ1n) is 6.65. The number of benzene rings is 1. The van der Waals surface area contributed by atoms with Crippen LogP contribution in [0.15, 0.2) is 28.7 Å². The van der Waals surface area contributed by atoms with Crippen LogP contribution in [0.3, 0.4) is 0 Å². The molecule has 1 heterocycles. The average Bonchev–Trinajstić information content (AvgIpc) is 2.38.